The first-order valence-electron chi connectivity index (χ1n) is 7.69. The SMILES string of the molecule is COc1ccc(C(=O)N(Cc2ccccc2)CC(C)(C)O)cc1F. The number of hydrogen-bond acceptors (Lipinski definition) is 3. The number of methoxy groups -OCH3 is 1. The average molecular weight is 331 g/mol. The Labute approximate surface area is 141 Å². The maximum absolute atomic E-state index is 13.9. The summed E-state index contributed by atoms with van der Waals surface area (Å²) in [5.41, 5.74) is 0.0905. The van der Waals surface area contributed by atoms with E-state index in [-0.39, 0.29) is 23.8 Å². The monoisotopic (exact) mass is 331 g/mol. The topological polar surface area (TPSA) is 49.8 Å². The van der Waals surface area contributed by atoms with Crippen LogP contribution in [0.15, 0.2) is 48.5 Å². The number of benzene rings is 2. The Hall–Kier alpha value is -2.40. The third-order valence-corrected chi connectivity index (χ3v) is 3.48. The molecule has 0 atom stereocenters. The molecule has 24 heavy (non-hydrogen) atoms. The summed E-state index contributed by atoms with van der Waals surface area (Å²) in [5, 5.41) is 10.1. The maximum Gasteiger partial charge on any atom is 0.254 e. The standard InChI is InChI=1S/C19H22FNO3/c1-19(2,23)13-21(12-14-7-5-4-6-8-14)18(22)15-9-10-17(24-3)16(20)11-15/h4-11,23H,12-13H2,1-3H3. The molecule has 0 radical (unpaired) electrons. The molecule has 0 aliphatic rings. The number of aliphatic hydroxyl groups is 1. The van der Waals surface area contributed by atoms with Crippen molar-refractivity contribution in [2.75, 3.05) is 13.7 Å². The molecule has 0 aliphatic carbocycles. The number of hydrogen-bond donors (Lipinski definition) is 1. The highest BCUT2D eigenvalue weighted by atomic mass is 19.1. The molecular weight excluding hydrogens is 309 g/mol. The van der Waals surface area contributed by atoms with Gasteiger partial charge in [-0.15, -0.1) is 0 Å². The largest absolute Gasteiger partial charge is 0.494 e. The molecular formula is C19H22FNO3. The van der Waals surface area contributed by atoms with E-state index in [0.717, 1.165) is 11.6 Å². The van der Waals surface area contributed by atoms with E-state index in [1.165, 1.54) is 24.1 Å². The lowest BCUT2D eigenvalue weighted by Gasteiger charge is -2.29. The number of carbonyl (C=O) groups excluding carboxylic acids is 1. The average Bonchev–Trinajstić information content (AvgIpc) is 2.53. The molecule has 4 nitrogen and oxygen atoms in total. The van der Waals surface area contributed by atoms with Crippen LogP contribution >= 0.6 is 0 Å². The Morgan fingerprint density at radius 2 is 1.88 bits per heavy atom. The Bertz CT molecular complexity index is 696. The number of rotatable bonds is 6. The van der Waals surface area contributed by atoms with Gasteiger partial charge < -0.3 is 14.7 Å². The van der Waals surface area contributed by atoms with Gasteiger partial charge in [0.15, 0.2) is 11.6 Å². The molecule has 0 aromatic heterocycles. The molecule has 2 aromatic carbocycles. The molecule has 0 aliphatic heterocycles. The van der Waals surface area contributed by atoms with E-state index < -0.39 is 11.4 Å². The van der Waals surface area contributed by atoms with E-state index in [4.69, 9.17) is 4.74 Å². The Morgan fingerprint density at radius 3 is 2.42 bits per heavy atom. The Morgan fingerprint density at radius 1 is 1.21 bits per heavy atom. The zero-order valence-electron chi connectivity index (χ0n) is 14.1. The fourth-order valence-corrected chi connectivity index (χ4v) is 2.45. The molecule has 1 N–H and O–H groups in total. The van der Waals surface area contributed by atoms with E-state index >= 15 is 0 Å². The van der Waals surface area contributed by atoms with Gasteiger partial charge in [0, 0.05) is 18.7 Å². The molecule has 2 rings (SSSR count). The van der Waals surface area contributed by atoms with Crippen LogP contribution < -0.4 is 4.74 Å². The summed E-state index contributed by atoms with van der Waals surface area (Å²) in [4.78, 5) is 14.3. The van der Waals surface area contributed by atoms with Crippen LogP contribution in [0.5, 0.6) is 5.75 Å². The molecule has 0 bridgehead atoms. The van der Waals surface area contributed by atoms with Crippen molar-refractivity contribution >= 4 is 5.91 Å². The van der Waals surface area contributed by atoms with Crippen LogP contribution in [0.1, 0.15) is 29.8 Å². The van der Waals surface area contributed by atoms with Gasteiger partial charge in [0.05, 0.1) is 12.7 Å². The second kappa shape index (κ2) is 7.45. The maximum atomic E-state index is 13.9. The number of halogens is 1. The zero-order chi connectivity index (χ0) is 17.7. The minimum atomic E-state index is -1.06. The van der Waals surface area contributed by atoms with Crippen molar-refractivity contribution in [3.05, 3.63) is 65.5 Å². The van der Waals surface area contributed by atoms with E-state index in [0.29, 0.717) is 6.54 Å². The molecule has 5 heteroatoms. The molecule has 0 spiro atoms. The third-order valence-electron chi connectivity index (χ3n) is 3.48. The first-order chi connectivity index (χ1) is 11.3. The first-order valence-corrected chi connectivity index (χ1v) is 7.69. The summed E-state index contributed by atoms with van der Waals surface area (Å²) in [6.45, 7) is 3.73. The summed E-state index contributed by atoms with van der Waals surface area (Å²) < 4.78 is 18.8. The van der Waals surface area contributed by atoms with Gasteiger partial charge in [-0.25, -0.2) is 4.39 Å². The summed E-state index contributed by atoms with van der Waals surface area (Å²) in [6, 6.07) is 13.6. The van der Waals surface area contributed by atoms with Crippen LogP contribution in [0.2, 0.25) is 0 Å². The predicted octanol–water partition coefficient (Wildman–Crippen LogP) is 3.25. The zero-order valence-corrected chi connectivity index (χ0v) is 14.1. The lowest BCUT2D eigenvalue weighted by Crippen LogP contribution is -2.41. The highest BCUT2D eigenvalue weighted by Gasteiger charge is 2.24. The molecule has 0 fully saturated rings. The summed E-state index contributed by atoms with van der Waals surface area (Å²) in [7, 11) is 1.37. The van der Waals surface area contributed by atoms with Gasteiger partial charge in [-0.05, 0) is 37.6 Å². The molecule has 128 valence electrons. The van der Waals surface area contributed by atoms with Crippen LogP contribution in [-0.4, -0.2) is 35.2 Å². The van der Waals surface area contributed by atoms with Crippen molar-refractivity contribution in [1.29, 1.82) is 0 Å². The van der Waals surface area contributed by atoms with Gasteiger partial charge in [0.25, 0.3) is 5.91 Å². The number of amides is 1. The lowest BCUT2D eigenvalue weighted by atomic mass is 10.1. The highest BCUT2D eigenvalue weighted by Crippen LogP contribution is 2.20. The fourth-order valence-electron chi connectivity index (χ4n) is 2.45. The second-order valence-corrected chi connectivity index (χ2v) is 6.31. The van der Waals surface area contributed by atoms with Crippen molar-refractivity contribution in [2.45, 2.75) is 26.0 Å². The summed E-state index contributed by atoms with van der Waals surface area (Å²) in [5.74, 6) is -0.850. The third kappa shape index (κ3) is 4.80. The van der Waals surface area contributed by atoms with E-state index in [2.05, 4.69) is 0 Å². The van der Waals surface area contributed by atoms with E-state index in [1.807, 2.05) is 30.3 Å². The second-order valence-electron chi connectivity index (χ2n) is 6.31. The normalized spacial score (nSPS) is 11.2. The van der Waals surface area contributed by atoms with Gasteiger partial charge in [-0.3, -0.25) is 4.79 Å². The van der Waals surface area contributed by atoms with Crippen LogP contribution in [0.25, 0.3) is 0 Å². The molecule has 0 saturated carbocycles. The van der Waals surface area contributed by atoms with Gasteiger partial charge in [0.2, 0.25) is 0 Å². The number of carbonyl (C=O) groups is 1. The van der Waals surface area contributed by atoms with Gasteiger partial charge in [-0.2, -0.15) is 0 Å². The van der Waals surface area contributed by atoms with Crippen molar-refractivity contribution in [3.63, 3.8) is 0 Å². The Balaban J connectivity index is 2.28. The van der Waals surface area contributed by atoms with E-state index in [1.54, 1.807) is 13.8 Å². The Kier molecular flexibility index (Phi) is 5.57. The molecule has 2 aromatic rings. The van der Waals surface area contributed by atoms with Gasteiger partial charge in [-0.1, -0.05) is 30.3 Å². The number of ether oxygens (including phenoxy) is 1. The van der Waals surface area contributed by atoms with Crippen LogP contribution in [0, 0.1) is 5.82 Å². The minimum absolute atomic E-state index is 0.0867. The molecule has 1 amide bonds. The van der Waals surface area contributed by atoms with Crippen molar-refractivity contribution < 1.29 is 19.0 Å². The van der Waals surface area contributed by atoms with Crippen molar-refractivity contribution in [1.82, 2.24) is 4.90 Å². The van der Waals surface area contributed by atoms with Crippen molar-refractivity contribution in [2.24, 2.45) is 0 Å². The smallest absolute Gasteiger partial charge is 0.254 e. The van der Waals surface area contributed by atoms with Crippen LogP contribution in [-0.2, 0) is 6.54 Å². The fraction of sp³-hybridized carbons (Fsp3) is 0.316. The first kappa shape index (κ1) is 17.9. The van der Waals surface area contributed by atoms with Gasteiger partial charge >= 0.3 is 0 Å². The van der Waals surface area contributed by atoms with Crippen LogP contribution in [0.3, 0.4) is 0 Å². The van der Waals surface area contributed by atoms with E-state index in [9.17, 15) is 14.3 Å². The molecule has 0 saturated heterocycles. The highest BCUT2D eigenvalue weighted by molar-refractivity contribution is 5.94. The van der Waals surface area contributed by atoms with Gasteiger partial charge in [0.1, 0.15) is 0 Å². The molecule has 0 heterocycles. The van der Waals surface area contributed by atoms with Crippen LogP contribution in [0.4, 0.5) is 4.39 Å². The summed E-state index contributed by atoms with van der Waals surface area (Å²) >= 11 is 0. The minimum Gasteiger partial charge on any atom is -0.494 e. The lowest BCUT2D eigenvalue weighted by molar-refractivity contribution is 0.0280. The van der Waals surface area contributed by atoms with Crippen molar-refractivity contribution in [3.8, 4) is 5.75 Å². The predicted molar refractivity (Wildman–Crippen MR) is 90.4 cm³/mol. The molecule has 0 unspecified atom stereocenters. The summed E-state index contributed by atoms with van der Waals surface area (Å²) in [6.07, 6.45) is 0. The number of nitrogens with zero attached hydrogens (tertiary/aromatic N) is 1. The quantitative estimate of drug-likeness (QED) is 0.884.